The van der Waals surface area contributed by atoms with E-state index in [9.17, 15) is 9.59 Å². The molecule has 0 unspecified atom stereocenters. The number of amides is 1. The molecule has 0 spiro atoms. The van der Waals surface area contributed by atoms with Crippen molar-refractivity contribution in [3.63, 3.8) is 0 Å². The minimum absolute atomic E-state index is 0. The van der Waals surface area contributed by atoms with Crippen molar-refractivity contribution in [2.24, 2.45) is 5.73 Å². The van der Waals surface area contributed by atoms with Gasteiger partial charge in [-0.05, 0) is 24.3 Å². The summed E-state index contributed by atoms with van der Waals surface area (Å²) in [5, 5.41) is 11.5. The molecule has 1 aromatic rings. The van der Waals surface area contributed by atoms with Gasteiger partial charge in [0.25, 0.3) is 0 Å². The van der Waals surface area contributed by atoms with Gasteiger partial charge in [-0.2, -0.15) is 0 Å². The van der Waals surface area contributed by atoms with E-state index in [1.54, 1.807) is 12.1 Å². The molecule has 1 aliphatic heterocycles. The molecule has 1 aliphatic rings. The van der Waals surface area contributed by atoms with Gasteiger partial charge >= 0.3 is 12.1 Å². The predicted molar refractivity (Wildman–Crippen MR) is 87.3 cm³/mol. The topological polar surface area (TPSA) is 114 Å². The van der Waals surface area contributed by atoms with E-state index in [0.717, 1.165) is 11.4 Å². The molecule has 0 aromatic heterocycles. The lowest BCUT2D eigenvalue weighted by Gasteiger charge is -2.14. The number of carboxylic acids is 1. The maximum atomic E-state index is 11.7. The van der Waals surface area contributed by atoms with E-state index in [-0.39, 0.29) is 25.1 Å². The molecule has 1 atom stereocenters. The van der Waals surface area contributed by atoms with Gasteiger partial charge in [0.15, 0.2) is 0 Å². The number of benzene rings is 1. The second-order valence-corrected chi connectivity index (χ2v) is 4.77. The van der Waals surface area contributed by atoms with Crippen molar-refractivity contribution in [3.05, 3.63) is 24.3 Å². The summed E-state index contributed by atoms with van der Waals surface area (Å²) in [5.74, 6) is -0.988. The predicted octanol–water partition coefficient (Wildman–Crippen LogP) is 0.905. The average molecular weight is 346 g/mol. The second-order valence-electron chi connectivity index (χ2n) is 4.77. The fraction of sp³-hybridized carbons (Fsp3) is 0.429. The maximum Gasteiger partial charge on any atom is 0.414 e. The lowest BCUT2D eigenvalue weighted by molar-refractivity contribution is -0.142. The number of rotatable bonds is 8. The van der Waals surface area contributed by atoms with E-state index in [1.807, 2.05) is 12.1 Å². The number of cyclic esters (lactones) is 1. The van der Waals surface area contributed by atoms with Gasteiger partial charge < -0.3 is 25.6 Å². The van der Waals surface area contributed by atoms with Crippen LogP contribution in [0.15, 0.2) is 24.3 Å². The van der Waals surface area contributed by atoms with Gasteiger partial charge in [0.2, 0.25) is 0 Å². The van der Waals surface area contributed by atoms with E-state index in [1.165, 1.54) is 4.90 Å². The number of carbonyl (C=O) groups excluding carboxylic acids is 1. The van der Waals surface area contributed by atoms with E-state index < -0.39 is 12.1 Å². The first-order chi connectivity index (χ1) is 10.6. The molecular formula is C14H20ClN3O5. The zero-order chi connectivity index (χ0) is 15.9. The summed E-state index contributed by atoms with van der Waals surface area (Å²) in [6, 6.07) is 7.27. The molecule has 0 bridgehead atoms. The highest BCUT2D eigenvalue weighted by molar-refractivity contribution is 5.90. The van der Waals surface area contributed by atoms with Crippen molar-refractivity contribution in [1.29, 1.82) is 0 Å². The average Bonchev–Trinajstić information content (AvgIpc) is 2.88. The van der Waals surface area contributed by atoms with Crippen LogP contribution in [0.2, 0.25) is 0 Å². The van der Waals surface area contributed by atoms with Crippen LogP contribution in [-0.4, -0.2) is 56.1 Å². The van der Waals surface area contributed by atoms with Crippen LogP contribution in [0.4, 0.5) is 16.2 Å². The van der Waals surface area contributed by atoms with Crippen LogP contribution in [0.3, 0.4) is 0 Å². The van der Waals surface area contributed by atoms with Crippen LogP contribution < -0.4 is 16.0 Å². The van der Waals surface area contributed by atoms with Crippen LogP contribution in [0.25, 0.3) is 0 Å². The Morgan fingerprint density at radius 3 is 2.70 bits per heavy atom. The molecule has 128 valence electrons. The molecule has 9 heteroatoms. The number of nitrogens with two attached hydrogens (primary N) is 1. The number of hydrogen-bond donors (Lipinski definition) is 3. The van der Waals surface area contributed by atoms with Crippen molar-refractivity contribution in [2.45, 2.75) is 6.10 Å². The number of anilines is 2. The van der Waals surface area contributed by atoms with Crippen LogP contribution >= 0.6 is 12.4 Å². The summed E-state index contributed by atoms with van der Waals surface area (Å²) >= 11 is 0. The quantitative estimate of drug-likeness (QED) is 0.600. The lowest BCUT2D eigenvalue weighted by Crippen LogP contribution is -2.27. The molecule has 23 heavy (non-hydrogen) atoms. The van der Waals surface area contributed by atoms with E-state index in [4.69, 9.17) is 20.3 Å². The van der Waals surface area contributed by atoms with Gasteiger partial charge in [0, 0.05) is 24.5 Å². The molecule has 1 amide bonds. The fourth-order valence-electron chi connectivity index (χ4n) is 2.04. The Labute approximate surface area is 139 Å². The minimum Gasteiger partial charge on any atom is -0.480 e. The molecular weight excluding hydrogens is 326 g/mol. The number of ether oxygens (including phenoxy) is 2. The number of nitrogens with one attached hydrogen (secondary N) is 1. The fourth-order valence-corrected chi connectivity index (χ4v) is 2.04. The Morgan fingerprint density at radius 1 is 1.43 bits per heavy atom. The third-order valence-electron chi connectivity index (χ3n) is 3.12. The third kappa shape index (κ3) is 5.59. The summed E-state index contributed by atoms with van der Waals surface area (Å²) < 4.78 is 10.0. The number of hydrogen-bond acceptors (Lipinski definition) is 6. The Kier molecular flexibility index (Phi) is 7.60. The Balaban J connectivity index is 0.00000264. The normalized spacial score (nSPS) is 16.7. The molecule has 8 nitrogen and oxygen atoms in total. The van der Waals surface area contributed by atoms with Crippen molar-refractivity contribution < 1.29 is 24.2 Å². The van der Waals surface area contributed by atoms with Gasteiger partial charge in [-0.1, -0.05) is 0 Å². The zero-order valence-electron chi connectivity index (χ0n) is 12.4. The smallest absolute Gasteiger partial charge is 0.414 e. The van der Waals surface area contributed by atoms with Gasteiger partial charge in [0.05, 0.1) is 13.2 Å². The number of nitrogens with zero attached hydrogens (tertiary/aromatic N) is 1. The minimum atomic E-state index is -0.988. The number of aliphatic carboxylic acids is 1. The molecule has 1 fully saturated rings. The van der Waals surface area contributed by atoms with Gasteiger partial charge in [-0.3, -0.25) is 4.90 Å². The Hall–Kier alpha value is -2.03. The van der Waals surface area contributed by atoms with Crippen LogP contribution in [0.1, 0.15) is 0 Å². The van der Waals surface area contributed by atoms with Gasteiger partial charge in [-0.25, -0.2) is 9.59 Å². The highest BCUT2D eigenvalue weighted by atomic mass is 35.5. The van der Waals surface area contributed by atoms with Gasteiger partial charge in [0.1, 0.15) is 12.7 Å². The Morgan fingerprint density at radius 2 is 2.13 bits per heavy atom. The number of carboxylic acid groups (broad SMARTS) is 1. The van der Waals surface area contributed by atoms with E-state index in [2.05, 4.69) is 5.32 Å². The first-order valence-electron chi connectivity index (χ1n) is 6.92. The van der Waals surface area contributed by atoms with Crippen LogP contribution in [0, 0.1) is 0 Å². The molecule has 0 saturated carbocycles. The summed E-state index contributed by atoms with van der Waals surface area (Å²) in [4.78, 5) is 23.5. The standard InChI is InChI=1S/C14H19N3O5.ClH/c15-7-12-8-17(14(20)22-12)11-3-1-10(2-4-11)16-5-6-21-9-13(18)19;/h1-4,12,16H,5-9,15H2,(H,18,19);1H/t12-;/m0./s1. The molecule has 4 N–H and O–H groups in total. The lowest BCUT2D eigenvalue weighted by atomic mass is 10.2. The van der Waals surface area contributed by atoms with Gasteiger partial charge in [-0.15, -0.1) is 12.4 Å². The molecule has 1 aromatic carbocycles. The highest BCUT2D eigenvalue weighted by Gasteiger charge is 2.31. The van der Waals surface area contributed by atoms with E-state index in [0.29, 0.717) is 26.2 Å². The monoisotopic (exact) mass is 345 g/mol. The van der Waals surface area contributed by atoms with Crippen LogP contribution in [0.5, 0.6) is 0 Å². The zero-order valence-corrected chi connectivity index (χ0v) is 13.3. The second kappa shape index (κ2) is 9.19. The van der Waals surface area contributed by atoms with Crippen LogP contribution in [-0.2, 0) is 14.3 Å². The SMILES string of the molecule is Cl.NC[C@H]1CN(c2ccc(NCCOCC(=O)O)cc2)C(=O)O1. The van der Waals surface area contributed by atoms with E-state index >= 15 is 0 Å². The third-order valence-corrected chi connectivity index (χ3v) is 3.12. The number of carbonyl (C=O) groups is 2. The molecule has 0 aliphatic carbocycles. The highest BCUT2D eigenvalue weighted by Crippen LogP contribution is 2.23. The molecule has 2 rings (SSSR count). The van der Waals surface area contributed by atoms with Crippen molar-refractivity contribution in [3.8, 4) is 0 Å². The summed E-state index contributed by atoms with van der Waals surface area (Å²) in [7, 11) is 0. The molecule has 0 radical (unpaired) electrons. The first-order valence-corrected chi connectivity index (χ1v) is 6.92. The summed E-state index contributed by atoms with van der Waals surface area (Å²) in [6.07, 6.45) is -0.657. The largest absolute Gasteiger partial charge is 0.480 e. The van der Waals surface area contributed by atoms with Crippen molar-refractivity contribution in [1.82, 2.24) is 0 Å². The van der Waals surface area contributed by atoms with Crippen molar-refractivity contribution in [2.75, 3.05) is 43.1 Å². The summed E-state index contributed by atoms with van der Waals surface area (Å²) in [6.45, 7) is 1.24. The summed E-state index contributed by atoms with van der Waals surface area (Å²) in [5.41, 5.74) is 7.09. The molecule has 1 heterocycles. The molecule has 1 saturated heterocycles. The maximum absolute atomic E-state index is 11.7. The Bertz CT molecular complexity index is 526. The van der Waals surface area contributed by atoms with Crippen molar-refractivity contribution >= 4 is 35.8 Å². The number of halogens is 1. The first kappa shape index (κ1) is 19.0.